The van der Waals surface area contributed by atoms with E-state index in [0.29, 0.717) is 17.9 Å². The molecule has 0 bridgehead atoms. The van der Waals surface area contributed by atoms with Crippen molar-refractivity contribution in [3.05, 3.63) is 72.0 Å². The molecule has 0 atom stereocenters. The van der Waals surface area contributed by atoms with Crippen molar-refractivity contribution in [1.82, 2.24) is 4.90 Å². The van der Waals surface area contributed by atoms with Gasteiger partial charge in [-0.05, 0) is 40.6 Å². The van der Waals surface area contributed by atoms with Crippen LogP contribution in [-0.4, -0.2) is 31.6 Å². The lowest BCUT2D eigenvalue weighted by molar-refractivity contribution is -0.132. The first-order chi connectivity index (χ1) is 12.6. The van der Waals surface area contributed by atoms with E-state index < -0.39 is 5.82 Å². The van der Waals surface area contributed by atoms with Crippen LogP contribution in [0.15, 0.2) is 60.7 Å². The Hall–Kier alpha value is -3.08. The molecule has 3 aromatic carbocycles. The van der Waals surface area contributed by atoms with E-state index in [1.165, 1.54) is 18.1 Å². The van der Waals surface area contributed by atoms with Crippen molar-refractivity contribution in [2.45, 2.75) is 6.54 Å². The maximum atomic E-state index is 13.7. The number of hydrogen-bond acceptors (Lipinski definition) is 3. The fourth-order valence-corrected chi connectivity index (χ4v) is 2.68. The van der Waals surface area contributed by atoms with Gasteiger partial charge in [-0.15, -0.1) is 0 Å². The van der Waals surface area contributed by atoms with Gasteiger partial charge in [0.1, 0.15) is 5.75 Å². The minimum atomic E-state index is -0.446. The summed E-state index contributed by atoms with van der Waals surface area (Å²) in [5.74, 6) is 0.191. The molecule has 0 saturated heterocycles. The van der Waals surface area contributed by atoms with Gasteiger partial charge in [-0.2, -0.15) is 0 Å². The van der Waals surface area contributed by atoms with Gasteiger partial charge in [-0.3, -0.25) is 4.79 Å². The highest BCUT2D eigenvalue weighted by Gasteiger charge is 2.12. The predicted molar refractivity (Wildman–Crippen MR) is 98.9 cm³/mol. The molecule has 0 aliphatic heterocycles. The van der Waals surface area contributed by atoms with Gasteiger partial charge in [-0.1, -0.05) is 36.4 Å². The van der Waals surface area contributed by atoms with Gasteiger partial charge in [0.05, 0.1) is 7.11 Å². The zero-order valence-electron chi connectivity index (χ0n) is 14.7. The average Bonchev–Trinajstić information content (AvgIpc) is 2.66. The first-order valence-corrected chi connectivity index (χ1v) is 8.25. The van der Waals surface area contributed by atoms with Gasteiger partial charge in [0.25, 0.3) is 5.91 Å². The second-order valence-corrected chi connectivity index (χ2v) is 6.02. The molecular weight excluding hydrogens is 333 g/mol. The van der Waals surface area contributed by atoms with Gasteiger partial charge >= 0.3 is 0 Å². The topological polar surface area (TPSA) is 38.8 Å². The second-order valence-electron chi connectivity index (χ2n) is 6.02. The SMILES string of the molecule is COc1ccc(CN(C)C(=O)COc2ccc3ccccc3c2)cc1F. The molecule has 4 nitrogen and oxygen atoms in total. The third-order valence-electron chi connectivity index (χ3n) is 4.14. The molecule has 0 radical (unpaired) electrons. The highest BCUT2D eigenvalue weighted by molar-refractivity contribution is 5.84. The third-order valence-corrected chi connectivity index (χ3v) is 4.14. The fourth-order valence-electron chi connectivity index (χ4n) is 2.68. The molecule has 26 heavy (non-hydrogen) atoms. The van der Waals surface area contributed by atoms with Gasteiger partial charge < -0.3 is 14.4 Å². The summed E-state index contributed by atoms with van der Waals surface area (Å²) in [7, 11) is 3.08. The number of methoxy groups -OCH3 is 1. The average molecular weight is 353 g/mol. The zero-order valence-corrected chi connectivity index (χ0v) is 14.7. The van der Waals surface area contributed by atoms with E-state index in [2.05, 4.69) is 0 Å². The molecule has 3 aromatic rings. The molecule has 0 spiro atoms. The molecule has 0 heterocycles. The number of carbonyl (C=O) groups is 1. The first kappa shape index (κ1) is 17.7. The van der Waals surface area contributed by atoms with E-state index in [1.807, 2.05) is 42.5 Å². The number of halogens is 1. The minimum Gasteiger partial charge on any atom is -0.494 e. The first-order valence-electron chi connectivity index (χ1n) is 8.25. The van der Waals surface area contributed by atoms with Crippen LogP contribution < -0.4 is 9.47 Å². The molecule has 0 saturated carbocycles. The summed E-state index contributed by atoms with van der Waals surface area (Å²) >= 11 is 0. The summed E-state index contributed by atoms with van der Waals surface area (Å²) < 4.78 is 24.3. The van der Waals surface area contributed by atoms with Crippen molar-refractivity contribution in [3.63, 3.8) is 0 Å². The predicted octanol–water partition coefficient (Wildman–Crippen LogP) is 4.02. The number of fused-ring (bicyclic) bond motifs is 1. The maximum Gasteiger partial charge on any atom is 0.260 e. The molecule has 0 unspecified atom stereocenters. The molecule has 134 valence electrons. The normalized spacial score (nSPS) is 10.6. The lowest BCUT2D eigenvalue weighted by Crippen LogP contribution is -2.31. The molecular formula is C21H20FNO3. The Kier molecular flexibility index (Phi) is 5.37. The van der Waals surface area contributed by atoms with Crippen LogP contribution in [0.3, 0.4) is 0 Å². The van der Waals surface area contributed by atoms with Crippen LogP contribution in [0.2, 0.25) is 0 Å². The monoisotopic (exact) mass is 353 g/mol. The largest absolute Gasteiger partial charge is 0.494 e. The number of likely N-dealkylation sites (N-methyl/N-ethyl adjacent to an activating group) is 1. The number of hydrogen-bond donors (Lipinski definition) is 0. The van der Waals surface area contributed by atoms with Crippen LogP contribution in [0.1, 0.15) is 5.56 Å². The van der Waals surface area contributed by atoms with Gasteiger partial charge in [-0.25, -0.2) is 4.39 Å². The summed E-state index contributed by atoms with van der Waals surface area (Å²) in [6, 6.07) is 18.3. The van der Waals surface area contributed by atoms with Gasteiger partial charge in [0, 0.05) is 13.6 Å². The van der Waals surface area contributed by atoms with Crippen LogP contribution >= 0.6 is 0 Å². The summed E-state index contributed by atoms with van der Waals surface area (Å²) in [6.45, 7) is 0.217. The summed E-state index contributed by atoms with van der Waals surface area (Å²) in [4.78, 5) is 13.8. The third kappa shape index (κ3) is 4.11. The van der Waals surface area contributed by atoms with Crippen LogP contribution in [-0.2, 0) is 11.3 Å². The van der Waals surface area contributed by atoms with Crippen molar-refractivity contribution in [3.8, 4) is 11.5 Å². The van der Waals surface area contributed by atoms with E-state index in [4.69, 9.17) is 9.47 Å². The summed E-state index contributed by atoms with van der Waals surface area (Å²) in [5, 5.41) is 2.17. The zero-order chi connectivity index (χ0) is 18.5. The van der Waals surface area contributed by atoms with E-state index in [-0.39, 0.29) is 18.3 Å². The number of ether oxygens (including phenoxy) is 2. The van der Waals surface area contributed by atoms with Crippen LogP contribution in [0.25, 0.3) is 10.8 Å². The smallest absolute Gasteiger partial charge is 0.260 e. The second kappa shape index (κ2) is 7.87. The highest BCUT2D eigenvalue weighted by Crippen LogP contribution is 2.21. The van der Waals surface area contributed by atoms with E-state index in [9.17, 15) is 9.18 Å². The number of benzene rings is 3. The molecule has 3 rings (SSSR count). The van der Waals surface area contributed by atoms with Crippen LogP contribution in [0, 0.1) is 5.82 Å². The van der Waals surface area contributed by atoms with Crippen molar-refractivity contribution < 1.29 is 18.7 Å². The van der Waals surface area contributed by atoms with E-state index in [1.54, 1.807) is 19.2 Å². The molecule has 0 aliphatic rings. The Bertz CT molecular complexity index is 926. The van der Waals surface area contributed by atoms with Gasteiger partial charge in [0.15, 0.2) is 18.2 Å². The molecule has 1 amide bonds. The minimum absolute atomic E-state index is 0.0759. The van der Waals surface area contributed by atoms with Crippen molar-refractivity contribution in [2.75, 3.05) is 20.8 Å². The van der Waals surface area contributed by atoms with E-state index in [0.717, 1.165) is 10.8 Å². The van der Waals surface area contributed by atoms with Crippen molar-refractivity contribution >= 4 is 16.7 Å². The molecule has 0 fully saturated rings. The van der Waals surface area contributed by atoms with E-state index >= 15 is 0 Å². The van der Waals surface area contributed by atoms with Crippen LogP contribution in [0.5, 0.6) is 11.5 Å². The molecule has 5 heteroatoms. The lowest BCUT2D eigenvalue weighted by Gasteiger charge is -2.18. The fraction of sp³-hybridized carbons (Fsp3) is 0.190. The molecule has 0 aliphatic carbocycles. The highest BCUT2D eigenvalue weighted by atomic mass is 19.1. The Morgan fingerprint density at radius 2 is 1.81 bits per heavy atom. The summed E-state index contributed by atoms with van der Waals surface area (Å²) in [6.07, 6.45) is 0. The van der Waals surface area contributed by atoms with Crippen molar-refractivity contribution in [2.24, 2.45) is 0 Å². The lowest BCUT2D eigenvalue weighted by atomic mass is 10.1. The number of rotatable bonds is 6. The molecule has 0 N–H and O–H groups in total. The standard InChI is InChI=1S/C21H20FNO3/c1-23(13-15-7-10-20(25-2)19(22)11-15)21(24)14-26-18-9-8-16-5-3-4-6-17(16)12-18/h3-12H,13-14H2,1-2H3. The Labute approximate surface area is 151 Å². The number of amides is 1. The quantitative estimate of drug-likeness (QED) is 0.672. The Balaban J connectivity index is 1.59. The Morgan fingerprint density at radius 3 is 2.54 bits per heavy atom. The number of carbonyl (C=O) groups excluding carboxylic acids is 1. The van der Waals surface area contributed by atoms with Gasteiger partial charge in [0.2, 0.25) is 0 Å². The van der Waals surface area contributed by atoms with Crippen LogP contribution in [0.4, 0.5) is 4.39 Å². The maximum absolute atomic E-state index is 13.7. The summed E-state index contributed by atoms with van der Waals surface area (Å²) in [5.41, 5.74) is 0.685. The number of nitrogens with zero attached hydrogens (tertiary/aromatic N) is 1. The molecule has 0 aromatic heterocycles. The Morgan fingerprint density at radius 1 is 1.04 bits per heavy atom. The van der Waals surface area contributed by atoms with Crippen molar-refractivity contribution in [1.29, 1.82) is 0 Å².